The van der Waals surface area contributed by atoms with Crippen LogP contribution >= 0.6 is 28.1 Å². The lowest BCUT2D eigenvalue weighted by Crippen LogP contribution is -2.45. The minimum Gasteiger partial charge on any atom is -0.496 e. The molecule has 35 heavy (non-hydrogen) atoms. The molecule has 0 saturated carbocycles. The van der Waals surface area contributed by atoms with Gasteiger partial charge in [0, 0.05) is 21.3 Å². The number of thiocarbonyl (C=S) groups is 1. The second-order valence-corrected chi connectivity index (χ2v) is 8.62. The molecule has 9 nitrogen and oxygen atoms in total. The van der Waals surface area contributed by atoms with Gasteiger partial charge in [0.1, 0.15) is 11.5 Å². The Balaban J connectivity index is 1.72. The predicted octanol–water partition coefficient (Wildman–Crippen LogP) is 3.34. The number of nitrogens with one attached hydrogen (secondary N) is 3. The van der Waals surface area contributed by atoms with Crippen molar-refractivity contribution in [1.82, 2.24) is 16.1 Å². The van der Waals surface area contributed by atoms with Gasteiger partial charge in [0.25, 0.3) is 5.91 Å². The molecule has 3 rings (SSSR count). The van der Waals surface area contributed by atoms with Gasteiger partial charge in [-0.1, -0.05) is 34.1 Å². The Morgan fingerprint density at radius 2 is 2.00 bits per heavy atom. The maximum Gasteiger partial charge on any atom is 0.338 e. The van der Waals surface area contributed by atoms with Crippen molar-refractivity contribution in [2.24, 2.45) is 5.10 Å². The van der Waals surface area contributed by atoms with E-state index in [1.807, 2.05) is 18.2 Å². The van der Waals surface area contributed by atoms with Crippen LogP contribution in [0.3, 0.4) is 0 Å². The lowest BCUT2D eigenvalue weighted by atomic mass is 9.95. The van der Waals surface area contributed by atoms with Crippen molar-refractivity contribution in [1.29, 1.82) is 0 Å². The summed E-state index contributed by atoms with van der Waals surface area (Å²) in [7, 11) is 1.55. The molecule has 0 aliphatic carbocycles. The molecule has 0 bridgehead atoms. The van der Waals surface area contributed by atoms with Gasteiger partial charge in [0.15, 0.2) is 11.7 Å². The third-order valence-corrected chi connectivity index (χ3v) is 5.65. The van der Waals surface area contributed by atoms with E-state index in [0.29, 0.717) is 39.0 Å². The zero-order valence-corrected chi connectivity index (χ0v) is 21.8. The van der Waals surface area contributed by atoms with E-state index in [0.717, 1.165) is 4.47 Å². The first kappa shape index (κ1) is 26.2. The van der Waals surface area contributed by atoms with Crippen LogP contribution in [0.2, 0.25) is 0 Å². The normalized spacial score (nSPS) is 15.3. The molecule has 1 atom stereocenters. The third-order valence-electron chi connectivity index (χ3n) is 4.94. The molecule has 0 radical (unpaired) electrons. The van der Waals surface area contributed by atoms with Gasteiger partial charge in [-0.05, 0) is 50.3 Å². The Kier molecular flexibility index (Phi) is 9.21. The molecule has 1 aliphatic heterocycles. The van der Waals surface area contributed by atoms with E-state index in [1.165, 1.54) is 6.21 Å². The van der Waals surface area contributed by atoms with Crippen LogP contribution in [0.25, 0.3) is 0 Å². The fourth-order valence-corrected chi connectivity index (χ4v) is 4.06. The molecule has 0 aromatic heterocycles. The smallest absolute Gasteiger partial charge is 0.338 e. The fraction of sp³-hybridized carbons (Fsp3) is 0.250. The molecule has 0 fully saturated rings. The van der Waals surface area contributed by atoms with Gasteiger partial charge in [0.2, 0.25) is 0 Å². The summed E-state index contributed by atoms with van der Waals surface area (Å²) in [4.78, 5) is 25.0. The average molecular weight is 561 g/mol. The quantitative estimate of drug-likeness (QED) is 0.185. The molecule has 0 unspecified atom stereocenters. The molecular weight excluding hydrogens is 536 g/mol. The molecule has 3 N–H and O–H groups in total. The van der Waals surface area contributed by atoms with Crippen molar-refractivity contribution >= 4 is 51.4 Å². The van der Waals surface area contributed by atoms with E-state index in [1.54, 1.807) is 45.2 Å². The molecule has 1 amide bonds. The lowest BCUT2D eigenvalue weighted by molar-refractivity contribution is -0.139. The molecule has 184 valence electrons. The van der Waals surface area contributed by atoms with Crippen LogP contribution in [0.5, 0.6) is 11.5 Å². The highest BCUT2D eigenvalue weighted by atomic mass is 79.9. The lowest BCUT2D eigenvalue weighted by Gasteiger charge is -2.30. The van der Waals surface area contributed by atoms with Crippen molar-refractivity contribution < 1.29 is 23.8 Å². The molecule has 0 spiro atoms. The molecule has 2 aromatic carbocycles. The molecule has 11 heteroatoms. The second kappa shape index (κ2) is 12.3. The van der Waals surface area contributed by atoms with Crippen molar-refractivity contribution in [2.75, 3.05) is 20.3 Å². The number of para-hydroxylation sites is 1. The Bertz CT molecular complexity index is 1180. The molecule has 0 saturated heterocycles. The van der Waals surface area contributed by atoms with Crippen LogP contribution in [-0.4, -0.2) is 43.5 Å². The highest BCUT2D eigenvalue weighted by Gasteiger charge is 2.32. The van der Waals surface area contributed by atoms with Gasteiger partial charge < -0.3 is 24.8 Å². The van der Waals surface area contributed by atoms with Gasteiger partial charge in [-0.15, -0.1) is 0 Å². The maximum atomic E-state index is 12.6. The monoisotopic (exact) mass is 560 g/mol. The Hall–Kier alpha value is -3.44. The number of amides is 1. The second-order valence-electron chi connectivity index (χ2n) is 7.30. The van der Waals surface area contributed by atoms with E-state index in [4.69, 9.17) is 26.4 Å². The van der Waals surface area contributed by atoms with E-state index in [9.17, 15) is 9.59 Å². The van der Waals surface area contributed by atoms with Crippen molar-refractivity contribution in [3.63, 3.8) is 0 Å². The summed E-state index contributed by atoms with van der Waals surface area (Å²) in [6.07, 6.45) is 1.48. The van der Waals surface area contributed by atoms with Crippen molar-refractivity contribution in [3.05, 3.63) is 69.3 Å². The summed E-state index contributed by atoms with van der Waals surface area (Å²) < 4.78 is 17.1. The number of esters is 1. The number of hydrogen-bond donors (Lipinski definition) is 3. The zero-order chi connectivity index (χ0) is 25.4. The van der Waals surface area contributed by atoms with Crippen LogP contribution in [0.4, 0.5) is 0 Å². The van der Waals surface area contributed by atoms with Crippen LogP contribution in [-0.2, 0) is 14.3 Å². The standard InChI is InChI=1S/C24H25BrN4O5S/c1-4-33-23(31)21-14(2)27-24(35)28-22(21)17-7-5-6-8-19(17)34-13-20(30)29-26-12-15-11-16(25)9-10-18(15)32-3/h5-12,22H,4,13H2,1-3H3,(H,29,30)(H2,27,28,35)/t22-/m0/s1. The Morgan fingerprint density at radius 3 is 2.74 bits per heavy atom. The van der Waals surface area contributed by atoms with E-state index >= 15 is 0 Å². The summed E-state index contributed by atoms with van der Waals surface area (Å²) in [5, 5.41) is 10.4. The van der Waals surface area contributed by atoms with E-state index < -0.39 is 17.9 Å². The number of benzene rings is 2. The van der Waals surface area contributed by atoms with Crippen molar-refractivity contribution in [2.45, 2.75) is 19.9 Å². The highest BCUT2D eigenvalue weighted by molar-refractivity contribution is 9.10. The Labute approximate surface area is 217 Å². The van der Waals surface area contributed by atoms with Crippen molar-refractivity contribution in [3.8, 4) is 11.5 Å². The summed E-state index contributed by atoms with van der Waals surface area (Å²) in [6.45, 7) is 3.43. The molecule has 1 heterocycles. The molecule has 2 aromatic rings. The number of nitrogens with zero attached hydrogens (tertiary/aromatic N) is 1. The third kappa shape index (κ3) is 6.80. The molecular formula is C24H25BrN4O5S. The topological polar surface area (TPSA) is 110 Å². The average Bonchev–Trinajstić information content (AvgIpc) is 2.82. The number of rotatable bonds is 9. The number of halogens is 1. The minimum absolute atomic E-state index is 0.234. The van der Waals surface area contributed by atoms with Crippen LogP contribution in [0.15, 0.2) is 63.3 Å². The summed E-state index contributed by atoms with van der Waals surface area (Å²) in [6, 6.07) is 11.9. The van der Waals surface area contributed by atoms with Gasteiger partial charge in [0.05, 0.1) is 31.5 Å². The first-order chi connectivity index (χ1) is 16.8. The number of hydrazone groups is 1. The predicted molar refractivity (Wildman–Crippen MR) is 139 cm³/mol. The van der Waals surface area contributed by atoms with Crippen LogP contribution < -0.4 is 25.5 Å². The van der Waals surface area contributed by atoms with Gasteiger partial charge in [-0.25, -0.2) is 10.2 Å². The summed E-state index contributed by atoms with van der Waals surface area (Å²) >= 11 is 8.68. The minimum atomic E-state index is -0.607. The first-order valence-corrected chi connectivity index (χ1v) is 11.9. The summed E-state index contributed by atoms with van der Waals surface area (Å²) in [5.74, 6) is 0.0973. The van der Waals surface area contributed by atoms with Gasteiger partial charge >= 0.3 is 5.97 Å². The highest BCUT2D eigenvalue weighted by Crippen LogP contribution is 2.33. The summed E-state index contributed by atoms with van der Waals surface area (Å²) in [5.41, 5.74) is 4.73. The van der Waals surface area contributed by atoms with Gasteiger partial charge in [-0.2, -0.15) is 5.10 Å². The number of methoxy groups -OCH3 is 1. The first-order valence-electron chi connectivity index (χ1n) is 10.7. The van der Waals surface area contributed by atoms with Crippen LogP contribution in [0.1, 0.15) is 31.0 Å². The van der Waals surface area contributed by atoms with E-state index in [-0.39, 0.29) is 13.2 Å². The number of carbonyl (C=O) groups excluding carboxylic acids is 2. The fourth-order valence-electron chi connectivity index (χ4n) is 3.41. The number of carbonyl (C=O) groups is 2. The number of hydrogen-bond acceptors (Lipinski definition) is 7. The SMILES string of the molecule is CCOC(=O)C1=C(C)NC(=S)N[C@H]1c1ccccc1OCC(=O)NN=Cc1cc(Br)ccc1OC. The van der Waals surface area contributed by atoms with Crippen LogP contribution in [0, 0.1) is 0 Å². The Morgan fingerprint density at radius 1 is 1.23 bits per heavy atom. The molecule has 1 aliphatic rings. The zero-order valence-electron chi connectivity index (χ0n) is 19.4. The van der Waals surface area contributed by atoms with Gasteiger partial charge in [-0.3, -0.25) is 4.79 Å². The number of allylic oxidation sites excluding steroid dienone is 1. The number of ether oxygens (including phenoxy) is 3. The van der Waals surface area contributed by atoms with E-state index in [2.05, 4.69) is 37.1 Å². The maximum absolute atomic E-state index is 12.6. The largest absolute Gasteiger partial charge is 0.496 e.